The normalized spacial score (nSPS) is 9.78. The van der Waals surface area contributed by atoms with Crippen LogP contribution < -0.4 is 0 Å². The Morgan fingerprint density at radius 2 is 1.94 bits per heavy atom. The summed E-state index contributed by atoms with van der Waals surface area (Å²) in [6.45, 7) is 0. The highest BCUT2D eigenvalue weighted by Crippen LogP contribution is 2.23. The van der Waals surface area contributed by atoms with Gasteiger partial charge in [-0.2, -0.15) is 5.26 Å². The summed E-state index contributed by atoms with van der Waals surface area (Å²) >= 11 is 0. The maximum absolute atomic E-state index is 13.3. The zero-order chi connectivity index (χ0) is 13.1. The molecule has 2 rings (SSSR count). The first-order chi connectivity index (χ1) is 8.60. The third kappa shape index (κ3) is 2.36. The van der Waals surface area contributed by atoms with Gasteiger partial charge < -0.3 is 5.11 Å². The average molecular weight is 241 g/mol. The van der Waals surface area contributed by atoms with Gasteiger partial charge in [0.1, 0.15) is 5.82 Å². The van der Waals surface area contributed by atoms with E-state index in [1.807, 2.05) is 6.07 Å². The van der Waals surface area contributed by atoms with Gasteiger partial charge in [0.25, 0.3) is 0 Å². The van der Waals surface area contributed by atoms with Crippen molar-refractivity contribution in [2.24, 2.45) is 0 Å². The smallest absolute Gasteiger partial charge is 0.335 e. The zero-order valence-corrected chi connectivity index (χ0v) is 9.22. The number of nitrogens with zero attached hydrogens (tertiary/aromatic N) is 1. The lowest BCUT2D eigenvalue weighted by Gasteiger charge is -2.04. The molecule has 0 unspecified atom stereocenters. The van der Waals surface area contributed by atoms with Gasteiger partial charge in [-0.1, -0.05) is 12.1 Å². The number of carboxylic acids is 1. The minimum atomic E-state index is -1.19. The first-order valence-electron chi connectivity index (χ1n) is 5.14. The van der Waals surface area contributed by atoms with Crippen LogP contribution in [0.3, 0.4) is 0 Å². The summed E-state index contributed by atoms with van der Waals surface area (Å²) in [5, 5.41) is 17.7. The lowest BCUT2D eigenvalue weighted by atomic mass is 10.0. The molecule has 0 heterocycles. The van der Waals surface area contributed by atoms with Crippen LogP contribution in [-0.4, -0.2) is 11.1 Å². The van der Waals surface area contributed by atoms with Crippen molar-refractivity contribution in [3.8, 4) is 17.2 Å². The SMILES string of the molecule is N#Cc1cccc(-c2cc(F)cc(C(=O)O)c2)c1. The highest BCUT2D eigenvalue weighted by molar-refractivity contribution is 5.89. The van der Waals surface area contributed by atoms with Crippen molar-refractivity contribution >= 4 is 5.97 Å². The molecule has 18 heavy (non-hydrogen) atoms. The molecule has 3 nitrogen and oxygen atoms in total. The van der Waals surface area contributed by atoms with E-state index in [9.17, 15) is 9.18 Å². The molecule has 0 spiro atoms. The molecular weight excluding hydrogens is 233 g/mol. The lowest BCUT2D eigenvalue weighted by Crippen LogP contribution is -1.97. The quantitative estimate of drug-likeness (QED) is 0.878. The topological polar surface area (TPSA) is 61.1 Å². The van der Waals surface area contributed by atoms with Crippen LogP contribution in [0.4, 0.5) is 4.39 Å². The van der Waals surface area contributed by atoms with Crippen LogP contribution in [0, 0.1) is 17.1 Å². The number of aromatic carboxylic acids is 1. The van der Waals surface area contributed by atoms with Gasteiger partial charge in [0.2, 0.25) is 0 Å². The monoisotopic (exact) mass is 241 g/mol. The van der Waals surface area contributed by atoms with Gasteiger partial charge in [0, 0.05) is 0 Å². The molecule has 0 fully saturated rings. The number of carbonyl (C=O) groups is 1. The number of hydrogen-bond acceptors (Lipinski definition) is 2. The minimum Gasteiger partial charge on any atom is -0.478 e. The summed E-state index contributed by atoms with van der Waals surface area (Å²) in [7, 11) is 0. The van der Waals surface area contributed by atoms with Crippen molar-refractivity contribution in [3.63, 3.8) is 0 Å². The molecule has 0 aliphatic rings. The van der Waals surface area contributed by atoms with Gasteiger partial charge in [-0.3, -0.25) is 0 Å². The fourth-order valence-electron chi connectivity index (χ4n) is 1.65. The molecule has 0 amide bonds. The Kier molecular flexibility index (Phi) is 3.07. The minimum absolute atomic E-state index is 0.118. The third-order valence-corrected chi connectivity index (χ3v) is 2.47. The summed E-state index contributed by atoms with van der Waals surface area (Å²) in [6.07, 6.45) is 0. The third-order valence-electron chi connectivity index (χ3n) is 2.47. The van der Waals surface area contributed by atoms with E-state index in [0.717, 1.165) is 6.07 Å². The summed E-state index contributed by atoms with van der Waals surface area (Å²) in [6, 6.07) is 12.1. The van der Waals surface area contributed by atoms with Gasteiger partial charge in [-0.05, 0) is 41.5 Å². The van der Waals surface area contributed by atoms with Crippen LogP contribution >= 0.6 is 0 Å². The molecule has 0 aliphatic heterocycles. The summed E-state index contributed by atoms with van der Waals surface area (Å²) in [5.74, 6) is -1.81. The molecule has 0 saturated heterocycles. The molecule has 0 saturated carbocycles. The largest absolute Gasteiger partial charge is 0.478 e. The van der Waals surface area contributed by atoms with Gasteiger partial charge in [0.15, 0.2) is 0 Å². The van der Waals surface area contributed by atoms with Crippen LogP contribution in [0.1, 0.15) is 15.9 Å². The van der Waals surface area contributed by atoms with Crippen LogP contribution in [0.2, 0.25) is 0 Å². The average Bonchev–Trinajstić information content (AvgIpc) is 2.38. The first-order valence-corrected chi connectivity index (χ1v) is 5.14. The molecule has 0 radical (unpaired) electrons. The maximum Gasteiger partial charge on any atom is 0.335 e. The van der Waals surface area contributed by atoms with Crippen molar-refractivity contribution in [1.82, 2.24) is 0 Å². The second-order valence-corrected chi connectivity index (χ2v) is 3.73. The van der Waals surface area contributed by atoms with Crippen molar-refractivity contribution in [1.29, 1.82) is 5.26 Å². The van der Waals surface area contributed by atoms with E-state index in [-0.39, 0.29) is 5.56 Å². The molecular formula is C14H8FNO2. The number of halogens is 1. The van der Waals surface area contributed by atoms with E-state index in [4.69, 9.17) is 10.4 Å². The zero-order valence-electron chi connectivity index (χ0n) is 9.22. The van der Waals surface area contributed by atoms with Crippen LogP contribution in [0.5, 0.6) is 0 Å². The predicted octanol–water partition coefficient (Wildman–Crippen LogP) is 3.06. The summed E-state index contributed by atoms with van der Waals surface area (Å²) in [5.41, 5.74) is 1.36. The standard InChI is InChI=1S/C14H8FNO2/c15-13-6-11(5-12(7-13)14(17)18)10-3-1-2-9(4-10)8-16/h1-7H,(H,17,18). The Balaban J connectivity index is 2.57. The Morgan fingerprint density at radius 3 is 2.61 bits per heavy atom. The fourth-order valence-corrected chi connectivity index (χ4v) is 1.65. The van der Waals surface area contributed by atoms with Gasteiger partial charge in [0.05, 0.1) is 17.2 Å². The lowest BCUT2D eigenvalue weighted by molar-refractivity contribution is 0.0696. The van der Waals surface area contributed by atoms with Crippen molar-refractivity contribution in [2.75, 3.05) is 0 Å². The fraction of sp³-hybridized carbons (Fsp3) is 0. The highest BCUT2D eigenvalue weighted by Gasteiger charge is 2.08. The molecule has 4 heteroatoms. The van der Waals surface area contributed by atoms with Crippen LogP contribution in [-0.2, 0) is 0 Å². The van der Waals surface area contributed by atoms with Crippen LogP contribution in [0.15, 0.2) is 42.5 Å². The van der Waals surface area contributed by atoms with E-state index in [1.165, 1.54) is 12.1 Å². The number of rotatable bonds is 2. The Bertz CT molecular complexity index is 659. The molecule has 0 aromatic heterocycles. The van der Waals surface area contributed by atoms with E-state index >= 15 is 0 Å². The molecule has 1 N–H and O–H groups in total. The highest BCUT2D eigenvalue weighted by atomic mass is 19.1. The molecule has 88 valence electrons. The maximum atomic E-state index is 13.3. The summed E-state index contributed by atoms with van der Waals surface area (Å²) < 4.78 is 13.3. The Labute approximate surface area is 103 Å². The van der Waals surface area contributed by atoms with E-state index in [0.29, 0.717) is 16.7 Å². The first kappa shape index (κ1) is 11.8. The van der Waals surface area contributed by atoms with Crippen LogP contribution in [0.25, 0.3) is 11.1 Å². The number of hydrogen-bond donors (Lipinski definition) is 1. The number of benzene rings is 2. The van der Waals surface area contributed by atoms with Crippen molar-refractivity contribution in [3.05, 3.63) is 59.4 Å². The van der Waals surface area contributed by atoms with Gasteiger partial charge >= 0.3 is 5.97 Å². The van der Waals surface area contributed by atoms with Crippen molar-refractivity contribution in [2.45, 2.75) is 0 Å². The van der Waals surface area contributed by atoms with Gasteiger partial charge in [-0.25, -0.2) is 9.18 Å². The molecule has 0 aliphatic carbocycles. The van der Waals surface area contributed by atoms with Crippen molar-refractivity contribution < 1.29 is 14.3 Å². The van der Waals surface area contributed by atoms with Gasteiger partial charge in [-0.15, -0.1) is 0 Å². The van der Waals surface area contributed by atoms with E-state index < -0.39 is 11.8 Å². The number of nitriles is 1. The number of carboxylic acid groups (broad SMARTS) is 1. The second kappa shape index (κ2) is 4.68. The second-order valence-electron chi connectivity index (χ2n) is 3.73. The van der Waals surface area contributed by atoms with E-state index in [2.05, 4.69) is 0 Å². The molecule has 0 atom stereocenters. The predicted molar refractivity (Wildman–Crippen MR) is 63.5 cm³/mol. The summed E-state index contributed by atoms with van der Waals surface area (Å²) in [4.78, 5) is 10.8. The molecule has 0 bridgehead atoms. The molecule has 2 aromatic carbocycles. The Hall–Kier alpha value is -2.67. The Morgan fingerprint density at radius 1 is 1.17 bits per heavy atom. The molecule has 2 aromatic rings. The van der Waals surface area contributed by atoms with E-state index in [1.54, 1.807) is 24.3 Å².